The van der Waals surface area contributed by atoms with Crippen LogP contribution >= 0.6 is 15.9 Å². The molecule has 40 heavy (non-hydrogen) atoms. The molecule has 0 saturated carbocycles. The summed E-state index contributed by atoms with van der Waals surface area (Å²) in [4.78, 5) is 28.5. The summed E-state index contributed by atoms with van der Waals surface area (Å²) in [5.41, 5.74) is 2.10. The predicted octanol–water partition coefficient (Wildman–Crippen LogP) is 5.29. The van der Waals surface area contributed by atoms with Crippen molar-refractivity contribution in [3.8, 4) is 5.75 Å². The van der Waals surface area contributed by atoms with E-state index in [0.717, 1.165) is 21.9 Å². The highest BCUT2D eigenvalue weighted by Crippen LogP contribution is 2.31. The molecule has 0 spiro atoms. The first-order valence-electron chi connectivity index (χ1n) is 13.0. The van der Waals surface area contributed by atoms with Gasteiger partial charge in [0.1, 0.15) is 18.3 Å². The van der Waals surface area contributed by atoms with Gasteiger partial charge in [0.2, 0.25) is 11.8 Å². The van der Waals surface area contributed by atoms with Gasteiger partial charge >= 0.3 is 0 Å². The Labute approximate surface area is 245 Å². The van der Waals surface area contributed by atoms with E-state index in [1.165, 1.54) is 24.1 Å². The van der Waals surface area contributed by atoms with Crippen LogP contribution in [0.15, 0.2) is 82.2 Å². The van der Waals surface area contributed by atoms with Crippen LogP contribution in [0.3, 0.4) is 0 Å². The van der Waals surface area contributed by atoms with Gasteiger partial charge in [-0.3, -0.25) is 13.9 Å². The Morgan fingerprint density at radius 1 is 1.00 bits per heavy atom. The van der Waals surface area contributed by atoms with Crippen LogP contribution in [-0.2, 0) is 26.2 Å². The smallest absolute Gasteiger partial charge is 0.264 e. The first-order chi connectivity index (χ1) is 19.0. The van der Waals surface area contributed by atoms with Crippen LogP contribution in [0.4, 0.5) is 5.69 Å². The van der Waals surface area contributed by atoms with E-state index in [0.29, 0.717) is 15.9 Å². The van der Waals surface area contributed by atoms with Crippen molar-refractivity contribution in [2.24, 2.45) is 0 Å². The molecule has 0 unspecified atom stereocenters. The molecule has 2 amide bonds. The predicted molar refractivity (Wildman–Crippen MR) is 161 cm³/mol. The van der Waals surface area contributed by atoms with Gasteiger partial charge in [0.15, 0.2) is 0 Å². The molecule has 0 fully saturated rings. The molecule has 3 rings (SSSR count). The molecule has 0 heterocycles. The van der Waals surface area contributed by atoms with Crippen molar-refractivity contribution in [1.82, 2.24) is 10.2 Å². The fraction of sp³-hybridized carbons (Fsp3) is 0.333. The number of benzene rings is 3. The number of aryl methyl sites for hydroxylation is 1. The molecule has 1 N–H and O–H groups in total. The van der Waals surface area contributed by atoms with Gasteiger partial charge < -0.3 is 15.0 Å². The lowest BCUT2D eigenvalue weighted by molar-refractivity contribution is -0.139. The second-order valence-corrected chi connectivity index (χ2v) is 12.4. The van der Waals surface area contributed by atoms with E-state index in [9.17, 15) is 18.0 Å². The number of ether oxygens (including phenoxy) is 1. The van der Waals surface area contributed by atoms with Gasteiger partial charge in [-0.05, 0) is 79.0 Å². The molecule has 3 aromatic carbocycles. The maximum Gasteiger partial charge on any atom is 0.264 e. The summed E-state index contributed by atoms with van der Waals surface area (Å²) < 4.78 is 34.8. The largest absolute Gasteiger partial charge is 0.496 e. The lowest BCUT2D eigenvalue weighted by Crippen LogP contribution is -2.52. The standard InChI is InChI=1S/C30H36BrN3O5S/c1-6-22(3)32-30(36)23(4)33(19-24-10-8-7-9-11-24)29(35)20-34(25-14-12-21(2)13-15-25)40(37,38)26-16-17-28(39-5)27(31)18-26/h7-18,22-23H,6,19-20H2,1-5H3,(H,32,36)/t22-,23-/m1/s1. The van der Waals surface area contributed by atoms with Crippen molar-refractivity contribution in [2.45, 2.75) is 57.6 Å². The lowest BCUT2D eigenvalue weighted by atomic mass is 10.1. The zero-order valence-electron chi connectivity index (χ0n) is 23.4. The Hall–Kier alpha value is -3.37. The summed E-state index contributed by atoms with van der Waals surface area (Å²) in [5, 5.41) is 2.93. The minimum absolute atomic E-state index is 0.00859. The Bertz CT molecular complexity index is 1420. The molecule has 0 radical (unpaired) electrons. The van der Waals surface area contributed by atoms with E-state index >= 15 is 0 Å². The topological polar surface area (TPSA) is 96.0 Å². The highest BCUT2D eigenvalue weighted by molar-refractivity contribution is 9.10. The number of nitrogens with zero attached hydrogens (tertiary/aromatic N) is 2. The molecule has 2 atom stereocenters. The molecule has 3 aromatic rings. The summed E-state index contributed by atoms with van der Waals surface area (Å²) in [5.74, 6) is -0.332. The summed E-state index contributed by atoms with van der Waals surface area (Å²) in [6.07, 6.45) is 0.738. The highest BCUT2D eigenvalue weighted by atomic mass is 79.9. The van der Waals surface area contributed by atoms with Crippen LogP contribution in [0.2, 0.25) is 0 Å². The van der Waals surface area contributed by atoms with E-state index in [4.69, 9.17) is 4.74 Å². The molecule has 10 heteroatoms. The third-order valence-corrected chi connectivity index (χ3v) is 9.07. The second-order valence-electron chi connectivity index (χ2n) is 9.64. The number of carbonyl (C=O) groups excluding carboxylic acids is 2. The van der Waals surface area contributed by atoms with Gasteiger partial charge in [-0.15, -0.1) is 0 Å². The van der Waals surface area contributed by atoms with Gasteiger partial charge in [-0.25, -0.2) is 8.42 Å². The van der Waals surface area contributed by atoms with E-state index in [2.05, 4.69) is 21.2 Å². The number of rotatable bonds is 12. The first-order valence-corrected chi connectivity index (χ1v) is 15.3. The number of sulfonamides is 1. The van der Waals surface area contributed by atoms with Gasteiger partial charge in [0.25, 0.3) is 10.0 Å². The number of hydrogen-bond acceptors (Lipinski definition) is 5. The van der Waals surface area contributed by atoms with E-state index in [1.807, 2.05) is 51.1 Å². The van der Waals surface area contributed by atoms with Crippen molar-refractivity contribution < 1.29 is 22.7 Å². The number of amides is 2. The van der Waals surface area contributed by atoms with Crippen LogP contribution in [0.1, 0.15) is 38.3 Å². The molecule has 0 saturated heterocycles. The van der Waals surface area contributed by atoms with Crippen molar-refractivity contribution in [3.05, 3.63) is 88.4 Å². The number of halogens is 1. The maximum atomic E-state index is 14.0. The third kappa shape index (κ3) is 7.63. The summed E-state index contributed by atoms with van der Waals surface area (Å²) in [6, 6.07) is 19.7. The number of carbonyl (C=O) groups is 2. The number of anilines is 1. The van der Waals surface area contributed by atoms with Crippen LogP contribution in [0.25, 0.3) is 0 Å². The minimum Gasteiger partial charge on any atom is -0.496 e. The third-order valence-electron chi connectivity index (χ3n) is 6.68. The Balaban J connectivity index is 2.03. The van der Waals surface area contributed by atoms with E-state index < -0.39 is 28.5 Å². The number of methoxy groups -OCH3 is 1. The van der Waals surface area contributed by atoms with Crippen LogP contribution in [0.5, 0.6) is 5.75 Å². The number of hydrogen-bond donors (Lipinski definition) is 1. The first kappa shape index (κ1) is 31.2. The minimum atomic E-state index is -4.19. The van der Waals surface area contributed by atoms with Crippen LogP contribution in [-0.4, -0.2) is 50.9 Å². The lowest BCUT2D eigenvalue weighted by Gasteiger charge is -2.32. The van der Waals surface area contributed by atoms with Gasteiger partial charge in [0.05, 0.1) is 22.2 Å². The molecular weight excluding hydrogens is 594 g/mol. The van der Waals surface area contributed by atoms with Gasteiger partial charge in [-0.1, -0.05) is 55.0 Å². The Morgan fingerprint density at radius 2 is 1.65 bits per heavy atom. The summed E-state index contributed by atoms with van der Waals surface area (Å²) in [6.45, 7) is 7.06. The van der Waals surface area contributed by atoms with E-state index in [-0.39, 0.29) is 23.4 Å². The molecular formula is C30H36BrN3O5S. The molecule has 8 nitrogen and oxygen atoms in total. The zero-order valence-corrected chi connectivity index (χ0v) is 25.8. The molecule has 0 aliphatic heterocycles. The van der Waals surface area contributed by atoms with E-state index in [1.54, 1.807) is 37.3 Å². The maximum absolute atomic E-state index is 14.0. The average Bonchev–Trinajstić information content (AvgIpc) is 2.95. The van der Waals surface area contributed by atoms with Crippen molar-refractivity contribution in [1.29, 1.82) is 0 Å². The monoisotopic (exact) mass is 629 g/mol. The molecule has 0 aliphatic rings. The SMILES string of the molecule is CC[C@@H](C)NC(=O)[C@@H](C)N(Cc1ccccc1)C(=O)CN(c1ccc(C)cc1)S(=O)(=O)c1ccc(OC)c(Br)c1. The molecule has 0 aromatic heterocycles. The van der Waals surface area contributed by atoms with Gasteiger partial charge in [0, 0.05) is 12.6 Å². The molecule has 0 bridgehead atoms. The molecule has 214 valence electrons. The molecule has 0 aliphatic carbocycles. The van der Waals surface area contributed by atoms with Crippen LogP contribution in [0, 0.1) is 6.92 Å². The second kappa shape index (κ2) is 13.8. The fourth-order valence-corrected chi connectivity index (χ4v) is 6.14. The Kier molecular flexibility index (Phi) is 10.8. The summed E-state index contributed by atoms with van der Waals surface area (Å²) in [7, 11) is -2.69. The van der Waals surface area contributed by atoms with Crippen molar-refractivity contribution in [3.63, 3.8) is 0 Å². The van der Waals surface area contributed by atoms with Crippen molar-refractivity contribution >= 4 is 43.5 Å². The summed E-state index contributed by atoms with van der Waals surface area (Å²) >= 11 is 3.36. The van der Waals surface area contributed by atoms with Crippen LogP contribution < -0.4 is 14.4 Å². The number of nitrogens with one attached hydrogen (secondary N) is 1. The zero-order chi connectivity index (χ0) is 29.4. The van der Waals surface area contributed by atoms with Gasteiger partial charge in [-0.2, -0.15) is 0 Å². The quantitative estimate of drug-likeness (QED) is 0.294. The highest BCUT2D eigenvalue weighted by Gasteiger charge is 2.33. The fourth-order valence-electron chi connectivity index (χ4n) is 4.00. The Morgan fingerprint density at radius 3 is 2.23 bits per heavy atom. The normalized spacial score (nSPS) is 12.8. The average molecular weight is 631 g/mol. The van der Waals surface area contributed by atoms with Crippen molar-refractivity contribution in [2.75, 3.05) is 18.0 Å².